The molecule has 0 N–H and O–H groups in total. The fourth-order valence-electron chi connectivity index (χ4n) is 1.36. The topological polar surface area (TPSA) is 33.0 Å². The van der Waals surface area contributed by atoms with Crippen molar-refractivity contribution in [3.63, 3.8) is 0 Å². The Balaban J connectivity index is 2.96. The maximum Gasteiger partial charge on any atom is 0.118 e. The summed E-state index contributed by atoms with van der Waals surface area (Å²) >= 11 is 0. The Kier molecular flexibility index (Phi) is 3.51. The maximum atomic E-state index is 8.50. The van der Waals surface area contributed by atoms with E-state index in [1.165, 1.54) is 6.08 Å². The van der Waals surface area contributed by atoms with E-state index in [1.54, 1.807) is 7.11 Å². The average molecular weight is 201 g/mol. The van der Waals surface area contributed by atoms with Crippen molar-refractivity contribution in [2.45, 2.75) is 19.3 Å². The van der Waals surface area contributed by atoms with Gasteiger partial charge in [-0.1, -0.05) is 32.1 Å². The molecular formula is C13H15NO. The molecule has 15 heavy (non-hydrogen) atoms. The molecule has 0 saturated heterocycles. The highest BCUT2D eigenvalue weighted by atomic mass is 16.5. The summed E-state index contributed by atoms with van der Waals surface area (Å²) in [5.41, 5.74) is 1.04. The molecule has 0 aromatic heterocycles. The van der Waals surface area contributed by atoms with E-state index in [4.69, 9.17) is 10.00 Å². The molecule has 0 aliphatic carbocycles. The predicted molar refractivity (Wildman–Crippen MR) is 60.8 cm³/mol. The monoisotopic (exact) mass is 201 g/mol. The Bertz CT molecular complexity index is 382. The first-order valence-corrected chi connectivity index (χ1v) is 4.82. The average Bonchev–Trinajstić information content (AvgIpc) is 2.26. The fourth-order valence-corrected chi connectivity index (χ4v) is 1.36. The van der Waals surface area contributed by atoms with Gasteiger partial charge >= 0.3 is 0 Å². The molecule has 0 spiro atoms. The highest BCUT2D eigenvalue weighted by Crippen LogP contribution is 2.26. The number of nitrogens with zero attached hydrogens (tertiary/aromatic N) is 1. The Hall–Kier alpha value is -1.75. The lowest BCUT2D eigenvalue weighted by Crippen LogP contribution is -2.12. The van der Waals surface area contributed by atoms with Crippen LogP contribution in [0.5, 0.6) is 5.75 Å². The van der Waals surface area contributed by atoms with E-state index in [-0.39, 0.29) is 5.41 Å². The van der Waals surface area contributed by atoms with E-state index in [0.29, 0.717) is 0 Å². The molecule has 78 valence electrons. The molecule has 0 bridgehead atoms. The zero-order valence-corrected chi connectivity index (χ0v) is 9.32. The quantitative estimate of drug-likeness (QED) is 0.704. The minimum atomic E-state index is -0.123. The number of rotatable bonds is 3. The second kappa shape index (κ2) is 4.65. The van der Waals surface area contributed by atoms with Crippen molar-refractivity contribution in [1.29, 1.82) is 5.26 Å². The first-order chi connectivity index (χ1) is 7.10. The molecule has 2 heteroatoms. The summed E-state index contributed by atoms with van der Waals surface area (Å²) in [6.45, 7) is 4.14. The van der Waals surface area contributed by atoms with E-state index in [1.807, 2.05) is 36.4 Å². The number of methoxy groups -OCH3 is 1. The van der Waals surface area contributed by atoms with Crippen LogP contribution in [0, 0.1) is 11.3 Å². The highest BCUT2D eigenvalue weighted by molar-refractivity contribution is 5.35. The molecule has 0 atom stereocenters. The van der Waals surface area contributed by atoms with Crippen molar-refractivity contribution in [3.05, 3.63) is 42.0 Å². The van der Waals surface area contributed by atoms with Crippen LogP contribution in [0.25, 0.3) is 0 Å². The Morgan fingerprint density at radius 3 is 2.33 bits per heavy atom. The number of allylic oxidation sites excluding steroid dienone is 2. The molecule has 0 heterocycles. The highest BCUT2D eigenvalue weighted by Gasteiger charge is 2.16. The first kappa shape index (κ1) is 11.3. The van der Waals surface area contributed by atoms with Crippen molar-refractivity contribution in [2.75, 3.05) is 7.11 Å². The third kappa shape index (κ3) is 2.85. The summed E-state index contributed by atoms with van der Waals surface area (Å²) in [5, 5.41) is 8.50. The lowest BCUT2D eigenvalue weighted by Gasteiger charge is -2.20. The van der Waals surface area contributed by atoms with Gasteiger partial charge in [0.25, 0.3) is 0 Å². The SMILES string of the molecule is COc1ccc(C(C)(C)/C=C\C#N)cc1. The van der Waals surface area contributed by atoms with E-state index in [0.717, 1.165) is 11.3 Å². The Labute approximate surface area is 90.8 Å². The molecule has 0 unspecified atom stereocenters. The molecule has 0 fully saturated rings. The summed E-state index contributed by atoms with van der Waals surface area (Å²) < 4.78 is 5.09. The third-order valence-corrected chi connectivity index (χ3v) is 2.41. The lowest BCUT2D eigenvalue weighted by molar-refractivity contribution is 0.414. The number of hydrogen-bond donors (Lipinski definition) is 0. The maximum absolute atomic E-state index is 8.50. The molecule has 1 rings (SSSR count). The lowest BCUT2D eigenvalue weighted by atomic mass is 9.84. The van der Waals surface area contributed by atoms with Crippen LogP contribution in [0.1, 0.15) is 19.4 Å². The molecule has 0 amide bonds. The molecular weight excluding hydrogens is 186 g/mol. The van der Waals surface area contributed by atoms with Crippen LogP contribution in [0.2, 0.25) is 0 Å². The predicted octanol–water partition coefficient (Wildman–Crippen LogP) is 3.05. The van der Waals surface area contributed by atoms with E-state index >= 15 is 0 Å². The van der Waals surface area contributed by atoms with Gasteiger partial charge in [-0.2, -0.15) is 5.26 Å². The van der Waals surface area contributed by atoms with Gasteiger partial charge in [-0.25, -0.2) is 0 Å². The first-order valence-electron chi connectivity index (χ1n) is 4.82. The van der Waals surface area contributed by atoms with Crippen LogP contribution in [0.15, 0.2) is 36.4 Å². The summed E-state index contributed by atoms with van der Waals surface area (Å²) in [5.74, 6) is 0.846. The van der Waals surface area contributed by atoms with Crippen LogP contribution in [-0.4, -0.2) is 7.11 Å². The molecule has 1 aromatic rings. The molecule has 0 saturated carbocycles. The Morgan fingerprint density at radius 2 is 1.87 bits per heavy atom. The molecule has 2 nitrogen and oxygen atoms in total. The minimum absolute atomic E-state index is 0.123. The normalized spacial score (nSPS) is 11.3. The van der Waals surface area contributed by atoms with Crippen molar-refractivity contribution in [2.24, 2.45) is 0 Å². The van der Waals surface area contributed by atoms with Crippen molar-refractivity contribution >= 4 is 0 Å². The van der Waals surface area contributed by atoms with Gasteiger partial charge in [0.15, 0.2) is 0 Å². The number of ether oxygens (including phenoxy) is 1. The van der Waals surface area contributed by atoms with Crippen molar-refractivity contribution < 1.29 is 4.74 Å². The van der Waals surface area contributed by atoms with Gasteiger partial charge in [0.1, 0.15) is 5.75 Å². The van der Waals surface area contributed by atoms with Gasteiger partial charge in [0.05, 0.1) is 13.2 Å². The number of nitriles is 1. The van der Waals surface area contributed by atoms with E-state index in [2.05, 4.69) is 13.8 Å². The van der Waals surface area contributed by atoms with Gasteiger partial charge in [-0.05, 0) is 17.7 Å². The Morgan fingerprint density at radius 1 is 1.27 bits per heavy atom. The summed E-state index contributed by atoms with van der Waals surface area (Å²) in [6, 6.07) is 9.90. The van der Waals surface area contributed by atoms with Crippen LogP contribution >= 0.6 is 0 Å². The second-order valence-electron chi connectivity index (χ2n) is 3.91. The second-order valence-corrected chi connectivity index (χ2v) is 3.91. The molecule has 0 radical (unpaired) electrons. The zero-order chi connectivity index (χ0) is 11.3. The van der Waals surface area contributed by atoms with Gasteiger partial charge < -0.3 is 4.74 Å². The fraction of sp³-hybridized carbons (Fsp3) is 0.308. The molecule has 0 aliphatic rings. The van der Waals surface area contributed by atoms with Gasteiger partial charge in [-0.15, -0.1) is 0 Å². The van der Waals surface area contributed by atoms with Crippen LogP contribution in [-0.2, 0) is 5.41 Å². The molecule has 0 aliphatic heterocycles. The minimum Gasteiger partial charge on any atom is -0.497 e. The zero-order valence-electron chi connectivity index (χ0n) is 9.32. The van der Waals surface area contributed by atoms with Gasteiger partial charge in [-0.3, -0.25) is 0 Å². The largest absolute Gasteiger partial charge is 0.497 e. The van der Waals surface area contributed by atoms with E-state index < -0.39 is 0 Å². The van der Waals surface area contributed by atoms with Crippen LogP contribution < -0.4 is 4.74 Å². The summed E-state index contributed by atoms with van der Waals surface area (Å²) in [6.07, 6.45) is 3.42. The summed E-state index contributed by atoms with van der Waals surface area (Å²) in [4.78, 5) is 0. The summed E-state index contributed by atoms with van der Waals surface area (Å²) in [7, 11) is 1.65. The van der Waals surface area contributed by atoms with Gasteiger partial charge in [0.2, 0.25) is 0 Å². The third-order valence-electron chi connectivity index (χ3n) is 2.41. The van der Waals surface area contributed by atoms with Crippen LogP contribution in [0.4, 0.5) is 0 Å². The van der Waals surface area contributed by atoms with Crippen molar-refractivity contribution in [1.82, 2.24) is 0 Å². The number of hydrogen-bond acceptors (Lipinski definition) is 2. The van der Waals surface area contributed by atoms with Crippen LogP contribution in [0.3, 0.4) is 0 Å². The number of benzene rings is 1. The molecule has 1 aromatic carbocycles. The van der Waals surface area contributed by atoms with Gasteiger partial charge in [0, 0.05) is 11.5 Å². The van der Waals surface area contributed by atoms with E-state index in [9.17, 15) is 0 Å². The van der Waals surface area contributed by atoms with Crippen molar-refractivity contribution in [3.8, 4) is 11.8 Å². The smallest absolute Gasteiger partial charge is 0.118 e. The standard InChI is InChI=1S/C13H15NO/c1-13(2,9-4-10-14)11-5-7-12(15-3)8-6-11/h4-9H,1-3H3/b9-4-.